The number of hydroxylamine groups is 1. The molecule has 0 unspecified atom stereocenters. The Kier molecular flexibility index (Phi) is 3.13. The maximum absolute atomic E-state index is 11.5. The SMILES string of the molecule is O=C(NOc1ccccc1)c1ccccn1. The lowest BCUT2D eigenvalue weighted by atomic mass is 10.3. The zero-order chi connectivity index (χ0) is 11.2. The Hall–Kier alpha value is -2.36. The number of pyridine rings is 1. The molecule has 4 nitrogen and oxygen atoms in total. The monoisotopic (exact) mass is 214 g/mol. The van der Waals surface area contributed by atoms with Crippen LogP contribution in [0.4, 0.5) is 0 Å². The number of para-hydroxylation sites is 1. The molecule has 0 bridgehead atoms. The van der Waals surface area contributed by atoms with Gasteiger partial charge in [-0.1, -0.05) is 24.3 Å². The fraction of sp³-hybridized carbons (Fsp3) is 0. The minimum atomic E-state index is -0.371. The molecular formula is C12H10N2O2. The van der Waals surface area contributed by atoms with Crippen LogP contribution in [0.1, 0.15) is 10.5 Å². The number of carbonyl (C=O) groups is 1. The van der Waals surface area contributed by atoms with E-state index in [0.29, 0.717) is 11.4 Å². The van der Waals surface area contributed by atoms with Crippen LogP contribution in [-0.2, 0) is 0 Å². The van der Waals surface area contributed by atoms with E-state index in [1.165, 1.54) is 0 Å². The fourth-order valence-corrected chi connectivity index (χ4v) is 1.14. The molecule has 0 saturated heterocycles. The van der Waals surface area contributed by atoms with Gasteiger partial charge in [0.05, 0.1) is 0 Å². The Morgan fingerprint density at radius 2 is 1.81 bits per heavy atom. The van der Waals surface area contributed by atoms with Crippen LogP contribution < -0.4 is 10.3 Å². The minimum Gasteiger partial charge on any atom is -0.379 e. The molecule has 0 saturated carbocycles. The molecule has 0 aliphatic rings. The van der Waals surface area contributed by atoms with Crippen LogP contribution in [0.5, 0.6) is 5.75 Å². The van der Waals surface area contributed by atoms with Gasteiger partial charge < -0.3 is 4.84 Å². The second-order valence-electron chi connectivity index (χ2n) is 3.06. The number of nitrogens with zero attached hydrogens (tertiary/aromatic N) is 1. The molecule has 1 amide bonds. The quantitative estimate of drug-likeness (QED) is 0.793. The Bertz CT molecular complexity index is 457. The van der Waals surface area contributed by atoms with E-state index >= 15 is 0 Å². The van der Waals surface area contributed by atoms with Gasteiger partial charge >= 0.3 is 5.91 Å². The van der Waals surface area contributed by atoms with Gasteiger partial charge in [-0.15, -0.1) is 0 Å². The molecule has 0 spiro atoms. The highest BCUT2D eigenvalue weighted by molar-refractivity contribution is 5.91. The molecule has 2 aromatic rings. The predicted molar refractivity (Wildman–Crippen MR) is 58.8 cm³/mol. The van der Waals surface area contributed by atoms with Gasteiger partial charge in [0.2, 0.25) is 0 Å². The fourth-order valence-electron chi connectivity index (χ4n) is 1.14. The lowest BCUT2D eigenvalue weighted by molar-refractivity contribution is 0.0754. The third-order valence-corrected chi connectivity index (χ3v) is 1.90. The largest absolute Gasteiger partial charge is 0.379 e. The molecule has 4 heteroatoms. The van der Waals surface area contributed by atoms with Crippen molar-refractivity contribution in [3.63, 3.8) is 0 Å². The Morgan fingerprint density at radius 1 is 1.06 bits per heavy atom. The summed E-state index contributed by atoms with van der Waals surface area (Å²) in [6.45, 7) is 0. The maximum atomic E-state index is 11.5. The van der Waals surface area contributed by atoms with Gasteiger partial charge in [0.25, 0.3) is 0 Å². The van der Waals surface area contributed by atoms with Crippen molar-refractivity contribution in [1.29, 1.82) is 0 Å². The highest BCUT2D eigenvalue weighted by atomic mass is 16.7. The Morgan fingerprint density at radius 3 is 2.50 bits per heavy atom. The van der Waals surface area contributed by atoms with E-state index in [1.54, 1.807) is 36.5 Å². The standard InChI is InChI=1S/C12H10N2O2/c15-12(11-8-4-5-9-13-11)14-16-10-6-2-1-3-7-10/h1-9H,(H,14,15). The normalized spacial score (nSPS) is 9.50. The minimum absolute atomic E-state index is 0.318. The van der Waals surface area contributed by atoms with Gasteiger partial charge in [-0.05, 0) is 24.3 Å². The third kappa shape index (κ3) is 2.57. The summed E-state index contributed by atoms with van der Waals surface area (Å²) >= 11 is 0. The van der Waals surface area contributed by atoms with Crippen molar-refractivity contribution in [3.05, 3.63) is 60.4 Å². The van der Waals surface area contributed by atoms with E-state index in [1.807, 2.05) is 18.2 Å². The average molecular weight is 214 g/mol. The zero-order valence-corrected chi connectivity index (χ0v) is 8.46. The van der Waals surface area contributed by atoms with Crippen molar-refractivity contribution in [3.8, 4) is 5.75 Å². The summed E-state index contributed by atoms with van der Waals surface area (Å²) in [6.07, 6.45) is 1.55. The number of aromatic nitrogens is 1. The summed E-state index contributed by atoms with van der Waals surface area (Å²) in [7, 11) is 0. The van der Waals surface area contributed by atoms with Crippen molar-refractivity contribution in [2.75, 3.05) is 0 Å². The summed E-state index contributed by atoms with van der Waals surface area (Å²) in [5.41, 5.74) is 2.63. The highest BCUT2D eigenvalue weighted by Gasteiger charge is 2.05. The molecule has 0 aliphatic heterocycles. The van der Waals surface area contributed by atoms with Crippen LogP contribution >= 0.6 is 0 Å². The first-order valence-corrected chi connectivity index (χ1v) is 4.79. The summed E-state index contributed by atoms with van der Waals surface area (Å²) in [6, 6.07) is 14.1. The first-order chi connectivity index (χ1) is 7.86. The van der Waals surface area contributed by atoms with Crippen molar-refractivity contribution in [1.82, 2.24) is 10.5 Å². The number of amides is 1. The lowest BCUT2D eigenvalue weighted by Gasteiger charge is -2.05. The first kappa shape index (κ1) is 10.2. The number of hydrogen-bond donors (Lipinski definition) is 1. The molecule has 1 aromatic heterocycles. The molecule has 0 atom stereocenters. The molecule has 2 rings (SSSR count). The van der Waals surface area contributed by atoms with Gasteiger partial charge in [-0.3, -0.25) is 9.78 Å². The highest BCUT2D eigenvalue weighted by Crippen LogP contribution is 2.06. The third-order valence-electron chi connectivity index (χ3n) is 1.90. The predicted octanol–water partition coefficient (Wildman–Crippen LogP) is 1.81. The lowest BCUT2D eigenvalue weighted by Crippen LogP contribution is -2.27. The molecule has 1 aromatic carbocycles. The van der Waals surface area contributed by atoms with Crippen LogP contribution in [-0.4, -0.2) is 10.9 Å². The number of carbonyl (C=O) groups excluding carboxylic acids is 1. The molecule has 1 heterocycles. The van der Waals surface area contributed by atoms with Crippen LogP contribution in [0.3, 0.4) is 0 Å². The molecule has 16 heavy (non-hydrogen) atoms. The smallest absolute Gasteiger partial charge is 0.302 e. The summed E-state index contributed by atoms with van der Waals surface area (Å²) in [4.78, 5) is 20.5. The van der Waals surface area contributed by atoms with E-state index in [0.717, 1.165) is 0 Å². The topological polar surface area (TPSA) is 51.2 Å². The van der Waals surface area contributed by atoms with Gasteiger partial charge in [-0.25, -0.2) is 0 Å². The van der Waals surface area contributed by atoms with Gasteiger partial charge in [-0.2, -0.15) is 5.48 Å². The molecule has 0 fully saturated rings. The van der Waals surface area contributed by atoms with Crippen molar-refractivity contribution in [2.24, 2.45) is 0 Å². The number of nitrogens with one attached hydrogen (secondary N) is 1. The number of benzene rings is 1. The zero-order valence-electron chi connectivity index (χ0n) is 8.46. The van der Waals surface area contributed by atoms with Crippen molar-refractivity contribution in [2.45, 2.75) is 0 Å². The van der Waals surface area contributed by atoms with E-state index in [2.05, 4.69) is 10.5 Å². The molecule has 0 aliphatic carbocycles. The first-order valence-electron chi connectivity index (χ1n) is 4.79. The Balaban J connectivity index is 1.95. The second kappa shape index (κ2) is 4.93. The van der Waals surface area contributed by atoms with E-state index in [4.69, 9.17) is 4.84 Å². The average Bonchev–Trinajstić information content (AvgIpc) is 2.38. The summed E-state index contributed by atoms with van der Waals surface area (Å²) in [5.74, 6) is 0.205. The van der Waals surface area contributed by atoms with Gasteiger partial charge in [0.1, 0.15) is 5.69 Å². The van der Waals surface area contributed by atoms with E-state index in [9.17, 15) is 4.79 Å². The van der Waals surface area contributed by atoms with Gasteiger partial charge in [0.15, 0.2) is 5.75 Å². The van der Waals surface area contributed by atoms with Gasteiger partial charge in [0, 0.05) is 6.20 Å². The van der Waals surface area contributed by atoms with E-state index < -0.39 is 0 Å². The summed E-state index contributed by atoms with van der Waals surface area (Å²) < 4.78 is 0. The number of hydrogen-bond acceptors (Lipinski definition) is 3. The van der Waals surface area contributed by atoms with E-state index in [-0.39, 0.29) is 5.91 Å². The van der Waals surface area contributed by atoms with Crippen LogP contribution in [0.15, 0.2) is 54.7 Å². The summed E-state index contributed by atoms with van der Waals surface area (Å²) in [5, 5.41) is 0. The molecular weight excluding hydrogens is 204 g/mol. The van der Waals surface area contributed by atoms with Crippen LogP contribution in [0.25, 0.3) is 0 Å². The van der Waals surface area contributed by atoms with Crippen molar-refractivity contribution >= 4 is 5.91 Å². The molecule has 1 N–H and O–H groups in total. The number of rotatable bonds is 3. The van der Waals surface area contributed by atoms with Crippen LogP contribution in [0.2, 0.25) is 0 Å². The molecule has 0 radical (unpaired) electrons. The maximum Gasteiger partial charge on any atom is 0.302 e. The second-order valence-corrected chi connectivity index (χ2v) is 3.06. The molecule has 80 valence electrons. The Labute approximate surface area is 92.9 Å². The van der Waals surface area contributed by atoms with Crippen LogP contribution in [0, 0.1) is 0 Å². The van der Waals surface area contributed by atoms with Crippen molar-refractivity contribution < 1.29 is 9.63 Å².